The number of aryl methyl sites for hydroxylation is 2. The molecule has 2 aromatic rings. The van der Waals surface area contributed by atoms with E-state index in [2.05, 4.69) is 21.1 Å². The van der Waals surface area contributed by atoms with Crippen molar-refractivity contribution in [1.82, 2.24) is 5.16 Å². The summed E-state index contributed by atoms with van der Waals surface area (Å²) >= 11 is 3.05. The molecule has 0 amide bonds. The number of aromatic nitrogens is 1. The molecule has 2 rings (SSSR count). The molecule has 1 aromatic heterocycles. The van der Waals surface area contributed by atoms with Crippen LogP contribution in [0.15, 0.2) is 33.3 Å². The van der Waals surface area contributed by atoms with Gasteiger partial charge in [0.1, 0.15) is 11.6 Å². The zero-order valence-electron chi connectivity index (χ0n) is 10.4. The van der Waals surface area contributed by atoms with Crippen LogP contribution in [0.2, 0.25) is 0 Å². The molecular formula is C14H11BrFNO2. The van der Waals surface area contributed by atoms with Crippen LogP contribution in [0, 0.1) is 19.7 Å². The molecule has 1 heterocycles. The number of allylic oxidation sites excluding steroid dienone is 1. The molecule has 0 saturated carbocycles. The quantitative estimate of drug-likeness (QED) is 0.631. The van der Waals surface area contributed by atoms with Gasteiger partial charge in [-0.3, -0.25) is 4.79 Å². The van der Waals surface area contributed by atoms with E-state index in [1.807, 2.05) is 0 Å². The van der Waals surface area contributed by atoms with Gasteiger partial charge in [-0.15, -0.1) is 0 Å². The van der Waals surface area contributed by atoms with Crippen LogP contribution in [-0.4, -0.2) is 10.9 Å². The summed E-state index contributed by atoms with van der Waals surface area (Å²) in [6, 6.07) is 4.15. The number of benzene rings is 1. The van der Waals surface area contributed by atoms with Gasteiger partial charge in [0.25, 0.3) is 0 Å². The number of hydrogen-bond donors (Lipinski definition) is 0. The summed E-state index contributed by atoms with van der Waals surface area (Å²) in [7, 11) is 0. The van der Waals surface area contributed by atoms with Gasteiger partial charge in [0.05, 0.1) is 10.2 Å². The summed E-state index contributed by atoms with van der Waals surface area (Å²) in [5, 5.41) is 3.80. The van der Waals surface area contributed by atoms with E-state index in [1.54, 1.807) is 19.9 Å². The normalized spacial score (nSPS) is 11.2. The van der Waals surface area contributed by atoms with Gasteiger partial charge in [-0.2, -0.15) is 0 Å². The van der Waals surface area contributed by atoms with Crippen molar-refractivity contribution < 1.29 is 13.7 Å². The van der Waals surface area contributed by atoms with E-state index in [0.717, 1.165) is 11.3 Å². The van der Waals surface area contributed by atoms with Crippen molar-refractivity contribution in [2.75, 3.05) is 0 Å². The molecule has 0 spiro atoms. The Morgan fingerprint density at radius 3 is 2.74 bits per heavy atom. The van der Waals surface area contributed by atoms with Gasteiger partial charge in [-0.25, -0.2) is 4.39 Å². The van der Waals surface area contributed by atoms with Crippen molar-refractivity contribution in [3.05, 3.63) is 57.1 Å². The molecule has 1 aromatic carbocycles. The van der Waals surface area contributed by atoms with Crippen LogP contribution in [0.25, 0.3) is 6.08 Å². The lowest BCUT2D eigenvalue weighted by Gasteiger charge is -1.98. The Balaban J connectivity index is 2.24. The Hall–Kier alpha value is -1.75. The summed E-state index contributed by atoms with van der Waals surface area (Å²) in [6.45, 7) is 3.58. The minimum atomic E-state index is -0.397. The largest absolute Gasteiger partial charge is 0.361 e. The van der Waals surface area contributed by atoms with E-state index in [4.69, 9.17) is 4.52 Å². The van der Waals surface area contributed by atoms with Gasteiger partial charge in [-0.05, 0) is 60.1 Å². The van der Waals surface area contributed by atoms with E-state index in [0.29, 0.717) is 11.3 Å². The lowest BCUT2D eigenvalue weighted by molar-refractivity contribution is 0.104. The molecule has 98 valence electrons. The Morgan fingerprint density at radius 2 is 2.16 bits per heavy atom. The highest BCUT2D eigenvalue weighted by Gasteiger charge is 2.08. The van der Waals surface area contributed by atoms with Crippen molar-refractivity contribution in [2.45, 2.75) is 13.8 Å². The molecule has 5 heteroatoms. The third kappa shape index (κ3) is 2.98. The maximum absolute atomic E-state index is 13.1. The molecule has 0 unspecified atom stereocenters. The molecule has 19 heavy (non-hydrogen) atoms. The highest BCUT2D eigenvalue weighted by atomic mass is 79.9. The van der Waals surface area contributed by atoms with Crippen molar-refractivity contribution in [1.29, 1.82) is 0 Å². The van der Waals surface area contributed by atoms with E-state index in [-0.39, 0.29) is 10.3 Å². The van der Waals surface area contributed by atoms with Crippen LogP contribution in [0.5, 0.6) is 0 Å². The average Bonchev–Trinajstić information content (AvgIpc) is 2.69. The van der Waals surface area contributed by atoms with Crippen LogP contribution in [0.1, 0.15) is 27.4 Å². The molecule has 0 fully saturated rings. The van der Waals surface area contributed by atoms with Gasteiger partial charge < -0.3 is 4.52 Å². The van der Waals surface area contributed by atoms with Gasteiger partial charge >= 0.3 is 0 Å². The molecule has 0 aliphatic heterocycles. The number of rotatable bonds is 3. The smallest absolute Gasteiger partial charge is 0.185 e. The maximum Gasteiger partial charge on any atom is 0.185 e. The lowest BCUT2D eigenvalue weighted by atomic mass is 10.1. The van der Waals surface area contributed by atoms with Crippen molar-refractivity contribution in [2.24, 2.45) is 0 Å². The van der Waals surface area contributed by atoms with E-state index in [9.17, 15) is 9.18 Å². The standard InChI is InChI=1S/C14H11BrFNO2/c1-8-11(9(2)19-17-8)4-6-14(18)10-3-5-13(16)12(15)7-10/h3-7H,1-2H3/b6-4+. The van der Waals surface area contributed by atoms with Gasteiger partial charge in [0.2, 0.25) is 0 Å². The monoisotopic (exact) mass is 323 g/mol. The molecule has 0 bridgehead atoms. The minimum absolute atomic E-state index is 0.208. The molecule has 0 radical (unpaired) electrons. The predicted octanol–water partition coefficient (Wildman–Crippen LogP) is 4.09. The Bertz CT molecular complexity index is 642. The molecule has 0 N–H and O–H groups in total. The summed E-state index contributed by atoms with van der Waals surface area (Å²) in [4.78, 5) is 11.9. The van der Waals surface area contributed by atoms with Crippen LogP contribution in [0.3, 0.4) is 0 Å². The first kappa shape index (κ1) is 13.7. The number of nitrogens with zero attached hydrogens (tertiary/aromatic N) is 1. The molecule has 0 saturated heterocycles. The number of carbonyl (C=O) groups excluding carboxylic acids is 1. The SMILES string of the molecule is Cc1noc(C)c1/C=C/C(=O)c1ccc(F)c(Br)c1. The minimum Gasteiger partial charge on any atom is -0.361 e. The van der Waals surface area contributed by atoms with Crippen LogP contribution >= 0.6 is 15.9 Å². The summed E-state index contributed by atoms with van der Waals surface area (Å²) < 4.78 is 18.3. The van der Waals surface area contributed by atoms with Crippen LogP contribution in [0.4, 0.5) is 4.39 Å². The zero-order valence-corrected chi connectivity index (χ0v) is 12.0. The van der Waals surface area contributed by atoms with E-state index >= 15 is 0 Å². The first-order chi connectivity index (χ1) is 8.99. The van der Waals surface area contributed by atoms with Gasteiger partial charge in [0.15, 0.2) is 5.78 Å². The van der Waals surface area contributed by atoms with Crippen LogP contribution < -0.4 is 0 Å². The van der Waals surface area contributed by atoms with Crippen molar-refractivity contribution >= 4 is 27.8 Å². The summed E-state index contributed by atoms with van der Waals surface area (Å²) in [5.41, 5.74) is 1.92. The second-order valence-electron chi connectivity index (χ2n) is 4.06. The highest BCUT2D eigenvalue weighted by Crippen LogP contribution is 2.18. The summed E-state index contributed by atoms with van der Waals surface area (Å²) in [6.07, 6.45) is 3.08. The predicted molar refractivity (Wildman–Crippen MR) is 73.4 cm³/mol. The third-order valence-corrected chi connectivity index (χ3v) is 3.30. The first-order valence-corrected chi connectivity index (χ1v) is 6.38. The zero-order chi connectivity index (χ0) is 14.0. The first-order valence-electron chi connectivity index (χ1n) is 5.59. The number of halogens is 2. The van der Waals surface area contributed by atoms with Crippen molar-refractivity contribution in [3.63, 3.8) is 0 Å². The van der Waals surface area contributed by atoms with Crippen molar-refractivity contribution in [3.8, 4) is 0 Å². The maximum atomic E-state index is 13.1. The Labute approximate surface area is 118 Å². The second-order valence-corrected chi connectivity index (χ2v) is 4.92. The fourth-order valence-corrected chi connectivity index (χ4v) is 2.01. The number of ketones is 1. The van der Waals surface area contributed by atoms with Gasteiger partial charge in [0, 0.05) is 11.1 Å². The number of carbonyl (C=O) groups is 1. The molecule has 0 atom stereocenters. The fourth-order valence-electron chi connectivity index (χ4n) is 1.63. The molecule has 0 aliphatic rings. The Morgan fingerprint density at radius 1 is 1.42 bits per heavy atom. The topological polar surface area (TPSA) is 43.1 Å². The second kappa shape index (κ2) is 5.48. The fraction of sp³-hybridized carbons (Fsp3) is 0.143. The molecular weight excluding hydrogens is 313 g/mol. The van der Waals surface area contributed by atoms with Crippen LogP contribution in [-0.2, 0) is 0 Å². The highest BCUT2D eigenvalue weighted by molar-refractivity contribution is 9.10. The lowest BCUT2D eigenvalue weighted by Crippen LogP contribution is -1.95. The van der Waals surface area contributed by atoms with Gasteiger partial charge in [-0.1, -0.05) is 5.16 Å². The number of hydrogen-bond acceptors (Lipinski definition) is 3. The molecule has 3 nitrogen and oxygen atoms in total. The third-order valence-electron chi connectivity index (χ3n) is 2.69. The Kier molecular flexibility index (Phi) is 3.95. The summed E-state index contributed by atoms with van der Waals surface area (Å²) in [5.74, 6) is 0.0498. The molecule has 0 aliphatic carbocycles. The average molecular weight is 324 g/mol. The van der Waals surface area contributed by atoms with E-state index in [1.165, 1.54) is 24.3 Å². The van der Waals surface area contributed by atoms with E-state index < -0.39 is 5.82 Å².